The van der Waals surface area contributed by atoms with Crippen LogP contribution in [-0.2, 0) is 6.54 Å². The maximum absolute atomic E-state index is 12.7. The standard InChI is InChI=1S/C14H13FN2O2/c1-10-2-7-13(8-14(10)17(18)19)16-9-11-3-5-12(15)6-4-11/h2-8,16H,9H2,1H3. The van der Waals surface area contributed by atoms with Crippen LogP contribution in [0.15, 0.2) is 42.5 Å². The van der Waals surface area contributed by atoms with Crippen molar-refractivity contribution in [2.75, 3.05) is 5.32 Å². The zero-order chi connectivity index (χ0) is 13.8. The van der Waals surface area contributed by atoms with Gasteiger partial charge in [0.25, 0.3) is 5.69 Å². The van der Waals surface area contributed by atoms with Crippen molar-refractivity contribution in [3.05, 3.63) is 69.5 Å². The second kappa shape index (κ2) is 5.48. The summed E-state index contributed by atoms with van der Waals surface area (Å²) in [4.78, 5) is 10.4. The van der Waals surface area contributed by atoms with Crippen LogP contribution in [0.5, 0.6) is 0 Å². The van der Waals surface area contributed by atoms with Crippen molar-refractivity contribution >= 4 is 11.4 Å². The van der Waals surface area contributed by atoms with Gasteiger partial charge in [-0.15, -0.1) is 0 Å². The van der Waals surface area contributed by atoms with Gasteiger partial charge < -0.3 is 5.32 Å². The van der Waals surface area contributed by atoms with E-state index in [1.165, 1.54) is 18.2 Å². The molecule has 2 aromatic rings. The van der Waals surface area contributed by atoms with E-state index in [4.69, 9.17) is 0 Å². The normalized spacial score (nSPS) is 10.2. The molecule has 0 heterocycles. The molecule has 0 atom stereocenters. The van der Waals surface area contributed by atoms with E-state index in [2.05, 4.69) is 5.32 Å². The average molecular weight is 260 g/mol. The molecule has 4 nitrogen and oxygen atoms in total. The summed E-state index contributed by atoms with van der Waals surface area (Å²) >= 11 is 0. The third-order valence-electron chi connectivity index (χ3n) is 2.82. The monoisotopic (exact) mass is 260 g/mol. The lowest BCUT2D eigenvalue weighted by molar-refractivity contribution is -0.385. The summed E-state index contributed by atoms with van der Waals surface area (Å²) < 4.78 is 12.7. The SMILES string of the molecule is Cc1ccc(NCc2ccc(F)cc2)cc1[N+](=O)[O-]. The summed E-state index contributed by atoms with van der Waals surface area (Å²) in [5.74, 6) is -0.283. The molecular weight excluding hydrogens is 247 g/mol. The number of nitro benzene ring substituents is 1. The fraction of sp³-hybridized carbons (Fsp3) is 0.143. The fourth-order valence-corrected chi connectivity index (χ4v) is 1.72. The number of rotatable bonds is 4. The first-order valence-electron chi connectivity index (χ1n) is 5.79. The van der Waals surface area contributed by atoms with E-state index >= 15 is 0 Å². The van der Waals surface area contributed by atoms with Gasteiger partial charge in [-0.3, -0.25) is 10.1 Å². The zero-order valence-corrected chi connectivity index (χ0v) is 10.4. The Bertz CT molecular complexity index is 597. The quantitative estimate of drug-likeness (QED) is 0.674. The van der Waals surface area contributed by atoms with Crippen LogP contribution in [0.3, 0.4) is 0 Å². The number of nitro groups is 1. The molecule has 98 valence electrons. The maximum atomic E-state index is 12.7. The molecule has 0 aliphatic rings. The van der Waals surface area contributed by atoms with Crippen LogP contribution in [0.25, 0.3) is 0 Å². The number of halogens is 1. The molecule has 0 aliphatic heterocycles. The molecule has 0 fully saturated rings. The highest BCUT2D eigenvalue weighted by Gasteiger charge is 2.10. The molecule has 1 N–H and O–H groups in total. The van der Waals surface area contributed by atoms with Crippen LogP contribution in [0.1, 0.15) is 11.1 Å². The number of anilines is 1. The Morgan fingerprint density at radius 3 is 2.53 bits per heavy atom. The number of nitrogens with zero attached hydrogens (tertiary/aromatic N) is 1. The van der Waals surface area contributed by atoms with Crippen molar-refractivity contribution < 1.29 is 9.31 Å². The van der Waals surface area contributed by atoms with Crippen LogP contribution >= 0.6 is 0 Å². The summed E-state index contributed by atoms with van der Waals surface area (Å²) in [6, 6.07) is 11.1. The van der Waals surface area contributed by atoms with Gasteiger partial charge in [0.2, 0.25) is 0 Å². The molecule has 0 saturated heterocycles. The Kier molecular flexibility index (Phi) is 3.75. The van der Waals surface area contributed by atoms with Gasteiger partial charge in [-0.1, -0.05) is 18.2 Å². The third kappa shape index (κ3) is 3.28. The van der Waals surface area contributed by atoms with Crippen molar-refractivity contribution in [3.8, 4) is 0 Å². The molecule has 0 saturated carbocycles. The van der Waals surface area contributed by atoms with Gasteiger partial charge in [0.15, 0.2) is 0 Å². The molecule has 0 unspecified atom stereocenters. The Balaban J connectivity index is 2.09. The molecule has 2 aromatic carbocycles. The van der Waals surface area contributed by atoms with E-state index in [9.17, 15) is 14.5 Å². The molecule has 5 heteroatoms. The molecule has 0 spiro atoms. The van der Waals surface area contributed by atoms with Gasteiger partial charge in [0, 0.05) is 23.9 Å². The first kappa shape index (κ1) is 13.0. The van der Waals surface area contributed by atoms with Crippen LogP contribution in [0.2, 0.25) is 0 Å². The van der Waals surface area contributed by atoms with Gasteiger partial charge >= 0.3 is 0 Å². The number of hydrogen-bond donors (Lipinski definition) is 1. The second-order valence-electron chi connectivity index (χ2n) is 4.24. The summed E-state index contributed by atoms with van der Waals surface area (Å²) in [5, 5.41) is 13.9. The molecular formula is C14H13FN2O2. The van der Waals surface area contributed by atoms with Crippen LogP contribution in [0.4, 0.5) is 15.8 Å². The highest BCUT2D eigenvalue weighted by molar-refractivity contribution is 5.55. The van der Waals surface area contributed by atoms with E-state index < -0.39 is 4.92 Å². The number of benzene rings is 2. The first-order chi connectivity index (χ1) is 9.06. The first-order valence-corrected chi connectivity index (χ1v) is 5.79. The predicted molar refractivity (Wildman–Crippen MR) is 71.6 cm³/mol. The highest BCUT2D eigenvalue weighted by Crippen LogP contribution is 2.22. The molecule has 2 rings (SSSR count). The van der Waals surface area contributed by atoms with Gasteiger partial charge in [-0.2, -0.15) is 0 Å². The fourth-order valence-electron chi connectivity index (χ4n) is 1.72. The topological polar surface area (TPSA) is 55.2 Å². The minimum Gasteiger partial charge on any atom is -0.381 e. The van der Waals surface area contributed by atoms with Crippen LogP contribution in [-0.4, -0.2) is 4.92 Å². The van der Waals surface area contributed by atoms with Crippen molar-refractivity contribution in [2.45, 2.75) is 13.5 Å². The van der Waals surface area contributed by atoms with Gasteiger partial charge in [0.05, 0.1) is 4.92 Å². The third-order valence-corrected chi connectivity index (χ3v) is 2.82. The summed E-state index contributed by atoms with van der Waals surface area (Å²) in [6.07, 6.45) is 0. The molecule has 19 heavy (non-hydrogen) atoms. The lowest BCUT2D eigenvalue weighted by Crippen LogP contribution is -2.00. The van der Waals surface area contributed by atoms with Crippen molar-refractivity contribution in [2.24, 2.45) is 0 Å². The molecule has 0 aromatic heterocycles. The summed E-state index contributed by atoms with van der Waals surface area (Å²) in [6.45, 7) is 2.18. The largest absolute Gasteiger partial charge is 0.381 e. The van der Waals surface area contributed by atoms with E-state index in [-0.39, 0.29) is 11.5 Å². The summed E-state index contributed by atoms with van der Waals surface area (Å²) in [5.41, 5.74) is 2.28. The minimum atomic E-state index is -0.404. The Hall–Kier alpha value is -2.43. The Morgan fingerprint density at radius 2 is 1.89 bits per heavy atom. The lowest BCUT2D eigenvalue weighted by Gasteiger charge is -2.07. The van der Waals surface area contributed by atoms with Crippen molar-refractivity contribution in [3.63, 3.8) is 0 Å². The molecule has 0 bridgehead atoms. The number of hydrogen-bond acceptors (Lipinski definition) is 3. The van der Waals surface area contributed by atoms with Gasteiger partial charge in [0.1, 0.15) is 5.82 Å². The number of aryl methyl sites for hydroxylation is 1. The van der Waals surface area contributed by atoms with Crippen molar-refractivity contribution in [1.82, 2.24) is 0 Å². The van der Waals surface area contributed by atoms with Crippen LogP contribution < -0.4 is 5.32 Å². The highest BCUT2D eigenvalue weighted by atomic mass is 19.1. The molecule has 0 aliphatic carbocycles. The average Bonchev–Trinajstić information content (AvgIpc) is 2.39. The summed E-state index contributed by atoms with van der Waals surface area (Å²) in [7, 11) is 0. The van der Waals surface area contributed by atoms with E-state index in [0.29, 0.717) is 17.8 Å². The lowest BCUT2D eigenvalue weighted by atomic mass is 10.1. The number of nitrogens with one attached hydrogen (secondary N) is 1. The zero-order valence-electron chi connectivity index (χ0n) is 10.4. The van der Waals surface area contributed by atoms with E-state index in [1.807, 2.05) is 0 Å². The molecule has 0 radical (unpaired) electrons. The Labute approximate surface area is 110 Å². The molecule has 0 amide bonds. The van der Waals surface area contributed by atoms with E-state index in [1.54, 1.807) is 31.2 Å². The predicted octanol–water partition coefficient (Wildman–Crippen LogP) is 3.65. The maximum Gasteiger partial charge on any atom is 0.274 e. The van der Waals surface area contributed by atoms with Crippen molar-refractivity contribution in [1.29, 1.82) is 0 Å². The van der Waals surface area contributed by atoms with Gasteiger partial charge in [-0.05, 0) is 30.7 Å². The minimum absolute atomic E-state index is 0.0871. The van der Waals surface area contributed by atoms with Gasteiger partial charge in [-0.25, -0.2) is 4.39 Å². The second-order valence-corrected chi connectivity index (χ2v) is 4.24. The smallest absolute Gasteiger partial charge is 0.274 e. The van der Waals surface area contributed by atoms with Crippen LogP contribution in [0, 0.1) is 22.9 Å². The Morgan fingerprint density at radius 1 is 1.21 bits per heavy atom. The van der Waals surface area contributed by atoms with E-state index in [0.717, 1.165) is 5.56 Å².